The first-order valence-electron chi connectivity index (χ1n) is 10.1. The van der Waals surface area contributed by atoms with Crippen molar-refractivity contribution < 1.29 is 28.9 Å². The summed E-state index contributed by atoms with van der Waals surface area (Å²) in [4.78, 5) is 24.6. The maximum absolute atomic E-state index is 12.0. The van der Waals surface area contributed by atoms with Crippen molar-refractivity contribution in [1.82, 2.24) is 4.90 Å². The van der Waals surface area contributed by atoms with Crippen LogP contribution in [0.1, 0.15) is 29.5 Å². The highest BCUT2D eigenvalue weighted by atomic mass is 16.5. The van der Waals surface area contributed by atoms with E-state index in [9.17, 15) is 9.59 Å². The lowest BCUT2D eigenvalue weighted by Gasteiger charge is -2.30. The van der Waals surface area contributed by atoms with Gasteiger partial charge in [-0.05, 0) is 42.2 Å². The number of hydrogen-bond acceptors (Lipinski definition) is 5. The van der Waals surface area contributed by atoms with Crippen LogP contribution in [-0.2, 0) is 28.9 Å². The maximum atomic E-state index is 12.0. The fraction of sp³-hybridized carbons (Fsp3) is 0.391. The van der Waals surface area contributed by atoms with Gasteiger partial charge in [-0.15, -0.1) is 0 Å². The third kappa shape index (κ3) is 5.65. The van der Waals surface area contributed by atoms with Gasteiger partial charge in [0.15, 0.2) is 0 Å². The summed E-state index contributed by atoms with van der Waals surface area (Å²) in [5.74, 6) is 0.775. The molecule has 0 spiro atoms. The summed E-state index contributed by atoms with van der Waals surface area (Å²) >= 11 is 0. The zero-order valence-corrected chi connectivity index (χ0v) is 17.1. The number of benzene rings is 2. The van der Waals surface area contributed by atoms with E-state index in [2.05, 4.69) is 0 Å². The summed E-state index contributed by atoms with van der Waals surface area (Å²) in [5.41, 5.74) is 2.94. The molecule has 1 aliphatic rings. The largest absolute Gasteiger partial charge is 0.493 e. The summed E-state index contributed by atoms with van der Waals surface area (Å²) in [7, 11) is 1.36. The molecule has 3 rings (SSSR count). The third-order valence-electron chi connectivity index (χ3n) is 5.07. The number of hydrogen-bond donors (Lipinski definition) is 1. The monoisotopic (exact) mass is 413 g/mol. The molecule has 7 heteroatoms. The average molecular weight is 413 g/mol. The first-order valence-corrected chi connectivity index (χ1v) is 10.1. The molecular weight excluding hydrogens is 386 g/mol. The summed E-state index contributed by atoms with van der Waals surface area (Å²) in [6.45, 7) is 1.99. The highest BCUT2D eigenvalue weighted by molar-refractivity contribution is 5.69. The van der Waals surface area contributed by atoms with Gasteiger partial charge in [0.1, 0.15) is 11.5 Å². The molecule has 0 saturated carbocycles. The van der Waals surface area contributed by atoms with Crippen molar-refractivity contribution in [2.75, 3.05) is 26.9 Å². The van der Waals surface area contributed by atoms with Crippen molar-refractivity contribution in [3.63, 3.8) is 0 Å². The van der Waals surface area contributed by atoms with Gasteiger partial charge in [-0.2, -0.15) is 0 Å². The van der Waals surface area contributed by atoms with Gasteiger partial charge in [0.25, 0.3) is 0 Å². The van der Waals surface area contributed by atoms with E-state index in [1.807, 2.05) is 42.5 Å². The van der Waals surface area contributed by atoms with Gasteiger partial charge < -0.3 is 24.2 Å². The molecule has 0 atom stereocenters. The summed E-state index contributed by atoms with van der Waals surface area (Å²) in [6.07, 6.45) is 1.45. The second kappa shape index (κ2) is 10.5. The minimum absolute atomic E-state index is 0.0433. The number of fused-ring (bicyclic) bond motifs is 1. The number of para-hydroxylation sites is 1. The number of ether oxygens (including phenoxy) is 3. The Morgan fingerprint density at radius 3 is 2.53 bits per heavy atom. The lowest BCUT2D eigenvalue weighted by atomic mass is 9.92. The van der Waals surface area contributed by atoms with Gasteiger partial charge >= 0.3 is 12.1 Å². The molecule has 1 aliphatic heterocycles. The number of carboxylic acids is 1. The normalized spacial score (nSPS) is 12.8. The minimum atomic E-state index is -0.844. The van der Waals surface area contributed by atoms with E-state index in [0.29, 0.717) is 39.1 Å². The topological polar surface area (TPSA) is 85.3 Å². The summed E-state index contributed by atoms with van der Waals surface area (Å²) in [5, 5.41) is 9.04. The Bertz CT molecular complexity index is 867. The van der Waals surface area contributed by atoms with E-state index in [4.69, 9.17) is 19.3 Å². The van der Waals surface area contributed by atoms with Gasteiger partial charge in [0.2, 0.25) is 0 Å². The fourth-order valence-electron chi connectivity index (χ4n) is 3.55. The second-order valence-corrected chi connectivity index (χ2v) is 7.08. The van der Waals surface area contributed by atoms with Gasteiger partial charge in [-0.1, -0.05) is 24.3 Å². The molecule has 160 valence electrons. The molecule has 0 bridgehead atoms. The first-order chi connectivity index (χ1) is 14.6. The van der Waals surface area contributed by atoms with E-state index in [1.165, 1.54) is 7.11 Å². The zero-order valence-electron chi connectivity index (χ0n) is 17.1. The van der Waals surface area contributed by atoms with Crippen molar-refractivity contribution in [2.24, 2.45) is 0 Å². The Morgan fingerprint density at radius 1 is 1.03 bits per heavy atom. The number of aryl methyl sites for hydroxylation is 1. The SMILES string of the molecule is COC(=O)N1CCc2c(OCCCOc3ccccc3)ccc(CCC(=O)O)c2C1. The fourth-order valence-corrected chi connectivity index (χ4v) is 3.55. The Balaban J connectivity index is 1.64. The van der Waals surface area contributed by atoms with Gasteiger partial charge in [-0.25, -0.2) is 4.79 Å². The molecule has 0 saturated heterocycles. The Morgan fingerprint density at radius 2 is 1.80 bits per heavy atom. The summed E-state index contributed by atoms with van der Waals surface area (Å²) < 4.78 is 16.6. The van der Waals surface area contributed by atoms with Crippen LogP contribution in [0.4, 0.5) is 4.79 Å². The van der Waals surface area contributed by atoms with Gasteiger partial charge in [0.05, 0.1) is 20.3 Å². The number of amides is 1. The second-order valence-electron chi connectivity index (χ2n) is 7.08. The molecule has 1 heterocycles. The van der Waals surface area contributed by atoms with Crippen LogP contribution >= 0.6 is 0 Å². The van der Waals surface area contributed by atoms with Crippen molar-refractivity contribution in [1.29, 1.82) is 0 Å². The number of carboxylic acid groups (broad SMARTS) is 1. The molecule has 1 amide bonds. The summed E-state index contributed by atoms with van der Waals surface area (Å²) in [6, 6.07) is 13.4. The van der Waals surface area contributed by atoms with Crippen molar-refractivity contribution in [3.05, 3.63) is 59.2 Å². The number of carbonyl (C=O) groups is 2. The van der Waals surface area contributed by atoms with E-state index < -0.39 is 5.97 Å². The van der Waals surface area contributed by atoms with Crippen molar-refractivity contribution >= 4 is 12.1 Å². The highest BCUT2D eigenvalue weighted by Gasteiger charge is 2.26. The van der Waals surface area contributed by atoms with Crippen LogP contribution in [0.5, 0.6) is 11.5 Å². The molecule has 0 fully saturated rings. The van der Waals surface area contributed by atoms with Crippen LogP contribution < -0.4 is 9.47 Å². The van der Waals surface area contributed by atoms with Crippen molar-refractivity contribution in [3.8, 4) is 11.5 Å². The molecule has 0 aliphatic carbocycles. The van der Waals surface area contributed by atoms with E-state index in [-0.39, 0.29) is 12.5 Å². The molecule has 2 aromatic rings. The Kier molecular flexibility index (Phi) is 7.54. The smallest absolute Gasteiger partial charge is 0.409 e. The van der Waals surface area contributed by atoms with Crippen LogP contribution in [0.2, 0.25) is 0 Å². The molecule has 30 heavy (non-hydrogen) atoms. The third-order valence-corrected chi connectivity index (χ3v) is 5.07. The van der Waals surface area contributed by atoms with Crippen LogP contribution in [0.25, 0.3) is 0 Å². The lowest BCUT2D eigenvalue weighted by Crippen LogP contribution is -2.36. The van der Waals surface area contributed by atoms with Crippen LogP contribution in [-0.4, -0.2) is 48.9 Å². The van der Waals surface area contributed by atoms with Gasteiger partial charge in [-0.3, -0.25) is 4.79 Å². The molecule has 2 aromatic carbocycles. The predicted octanol–water partition coefficient (Wildman–Crippen LogP) is 3.68. The molecule has 1 N–H and O–H groups in total. The molecule has 0 radical (unpaired) electrons. The number of methoxy groups -OCH3 is 1. The Hall–Kier alpha value is -3.22. The number of carbonyl (C=O) groups excluding carboxylic acids is 1. The minimum Gasteiger partial charge on any atom is -0.493 e. The van der Waals surface area contributed by atoms with Crippen LogP contribution in [0.15, 0.2) is 42.5 Å². The van der Waals surface area contributed by atoms with E-state index >= 15 is 0 Å². The van der Waals surface area contributed by atoms with E-state index in [0.717, 1.165) is 34.6 Å². The maximum Gasteiger partial charge on any atom is 0.409 e. The predicted molar refractivity (Wildman–Crippen MR) is 111 cm³/mol. The number of rotatable bonds is 9. The first kappa shape index (κ1) is 21.5. The zero-order chi connectivity index (χ0) is 21.3. The standard InChI is InChI=1S/C23H27NO6/c1-28-23(27)24-13-12-19-20(16-24)17(9-11-22(25)26)8-10-21(19)30-15-5-14-29-18-6-3-2-4-7-18/h2-4,6-8,10H,5,9,11-16H2,1H3,(H,25,26). The number of nitrogens with zero attached hydrogens (tertiary/aromatic N) is 1. The number of aliphatic carboxylic acids is 1. The Labute approximate surface area is 176 Å². The average Bonchev–Trinajstić information content (AvgIpc) is 2.77. The van der Waals surface area contributed by atoms with Crippen molar-refractivity contribution in [2.45, 2.75) is 32.2 Å². The molecule has 0 aromatic heterocycles. The van der Waals surface area contributed by atoms with E-state index in [1.54, 1.807) is 4.90 Å². The quantitative estimate of drug-likeness (QED) is 0.632. The lowest BCUT2D eigenvalue weighted by molar-refractivity contribution is -0.136. The molecule has 7 nitrogen and oxygen atoms in total. The van der Waals surface area contributed by atoms with Crippen LogP contribution in [0.3, 0.4) is 0 Å². The molecule has 0 unspecified atom stereocenters. The van der Waals surface area contributed by atoms with Crippen LogP contribution in [0, 0.1) is 0 Å². The molecular formula is C23H27NO6. The van der Waals surface area contributed by atoms with Gasteiger partial charge in [0, 0.05) is 31.5 Å². The highest BCUT2D eigenvalue weighted by Crippen LogP contribution is 2.32.